The number of pyridine rings is 1. The zero-order valence-corrected chi connectivity index (χ0v) is 18.5. The Kier molecular flexibility index (Phi) is 3.87. The first-order valence-electron chi connectivity index (χ1n) is 10.9. The number of fused-ring (bicyclic) bond motifs is 7. The second-order valence-corrected chi connectivity index (χ2v) is 9.30. The molecule has 2 N–H and O–H groups in total. The molecule has 0 atom stereocenters. The first-order valence-corrected chi connectivity index (χ1v) is 11.8. The van der Waals surface area contributed by atoms with Crippen LogP contribution in [0.3, 0.4) is 0 Å². The van der Waals surface area contributed by atoms with Gasteiger partial charge in [-0.3, -0.25) is 4.98 Å². The largest absolute Gasteiger partial charge is 0.398 e. The van der Waals surface area contributed by atoms with Crippen molar-refractivity contribution in [2.45, 2.75) is 0 Å². The van der Waals surface area contributed by atoms with Gasteiger partial charge < -0.3 is 10.3 Å². The third-order valence-corrected chi connectivity index (χ3v) is 7.62. The van der Waals surface area contributed by atoms with Crippen LogP contribution in [0, 0.1) is 0 Å². The Morgan fingerprint density at radius 1 is 0.667 bits per heavy atom. The lowest BCUT2D eigenvalue weighted by atomic mass is 10.1. The quantitative estimate of drug-likeness (QED) is 0.278. The Bertz CT molecular complexity index is 1840. The first kappa shape index (κ1) is 18.4. The van der Waals surface area contributed by atoms with E-state index in [2.05, 4.69) is 71.3 Å². The second-order valence-electron chi connectivity index (χ2n) is 8.25. The van der Waals surface area contributed by atoms with Gasteiger partial charge in [-0.2, -0.15) is 0 Å². The predicted octanol–water partition coefficient (Wildman–Crippen LogP) is 7.80. The predicted molar refractivity (Wildman–Crippen MR) is 141 cm³/mol. The molecule has 0 unspecified atom stereocenters. The van der Waals surface area contributed by atoms with E-state index in [0.717, 1.165) is 22.6 Å². The van der Waals surface area contributed by atoms with Gasteiger partial charge in [-0.25, -0.2) is 0 Å². The number of thiophene rings is 1. The summed E-state index contributed by atoms with van der Waals surface area (Å²) in [6, 6.07) is 33.9. The molecule has 4 heteroatoms. The first-order chi connectivity index (χ1) is 16.3. The van der Waals surface area contributed by atoms with Crippen molar-refractivity contribution in [3.8, 4) is 16.9 Å². The summed E-state index contributed by atoms with van der Waals surface area (Å²) in [6.07, 6.45) is 1.84. The number of para-hydroxylation sites is 2. The molecule has 0 aliphatic carbocycles. The minimum atomic E-state index is 0.727. The highest BCUT2D eigenvalue weighted by Gasteiger charge is 2.20. The summed E-state index contributed by atoms with van der Waals surface area (Å²) in [7, 11) is 0. The molecule has 156 valence electrons. The van der Waals surface area contributed by atoms with Crippen LogP contribution < -0.4 is 5.73 Å². The molecular formula is C29H19N3S. The molecule has 0 fully saturated rings. The van der Waals surface area contributed by atoms with E-state index in [-0.39, 0.29) is 0 Å². The lowest BCUT2D eigenvalue weighted by Crippen LogP contribution is -2.00. The van der Waals surface area contributed by atoms with Crippen LogP contribution in [0.4, 0.5) is 5.69 Å². The fourth-order valence-corrected chi connectivity index (χ4v) is 6.22. The zero-order chi connectivity index (χ0) is 21.9. The Morgan fingerprint density at radius 2 is 1.42 bits per heavy atom. The highest BCUT2D eigenvalue weighted by atomic mass is 32.1. The summed E-state index contributed by atoms with van der Waals surface area (Å²) < 4.78 is 4.97. The van der Waals surface area contributed by atoms with E-state index in [9.17, 15) is 0 Å². The van der Waals surface area contributed by atoms with E-state index in [1.54, 1.807) is 0 Å². The number of nitrogens with zero attached hydrogens (tertiary/aromatic N) is 2. The number of hydrogen-bond donors (Lipinski definition) is 1. The molecule has 0 spiro atoms. The van der Waals surface area contributed by atoms with Gasteiger partial charge in [-0.05, 0) is 30.3 Å². The normalized spacial score (nSPS) is 11.8. The molecule has 3 nitrogen and oxygen atoms in total. The number of rotatable bonds is 2. The summed E-state index contributed by atoms with van der Waals surface area (Å²) in [5.74, 6) is 0. The summed E-state index contributed by atoms with van der Waals surface area (Å²) in [5, 5.41) is 5.08. The lowest BCUT2D eigenvalue weighted by molar-refractivity contribution is 1.15. The zero-order valence-electron chi connectivity index (χ0n) is 17.7. The number of hydrogen-bond acceptors (Lipinski definition) is 3. The second kappa shape index (κ2) is 6.92. The van der Waals surface area contributed by atoms with Crippen LogP contribution >= 0.6 is 11.3 Å². The fourth-order valence-electron chi connectivity index (χ4n) is 4.98. The molecule has 3 heterocycles. The van der Waals surface area contributed by atoms with Crippen LogP contribution in [0.2, 0.25) is 0 Å². The van der Waals surface area contributed by atoms with Crippen molar-refractivity contribution in [1.82, 2.24) is 9.55 Å². The van der Waals surface area contributed by atoms with Crippen LogP contribution in [-0.2, 0) is 0 Å². The minimum absolute atomic E-state index is 0.727. The van der Waals surface area contributed by atoms with E-state index in [1.807, 2.05) is 47.9 Å². The van der Waals surface area contributed by atoms with E-state index in [4.69, 9.17) is 10.7 Å². The average Bonchev–Trinajstić information content (AvgIpc) is 3.40. The molecule has 0 saturated carbocycles. The van der Waals surface area contributed by atoms with Crippen molar-refractivity contribution >= 4 is 59.0 Å². The summed E-state index contributed by atoms with van der Waals surface area (Å²) in [6.45, 7) is 0. The van der Waals surface area contributed by atoms with Gasteiger partial charge in [-0.15, -0.1) is 11.3 Å². The van der Waals surface area contributed by atoms with Crippen molar-refractivity contribution in [2.24, 2.45) is 0 Å². The molecule has 7 aromatic rings. The van der Waals surface area contributed by atoms with Crippen LogP contribution in [0.5, 0.6) is 0 Å². The van der Waals surface area contributed by atoms with Crippen molar-refractivity contribution in [1.29, 1.82) is 0 Å². The maximum atomic E-state index is 6.39. The molecule has 0 bridgehead atoms. The van der Waals surface area contributed by atoms with Gasteiger partial charge in [0.05, 0.1) is 27.1 Å². The molecule has 0 radical (unpaired) electrons. The third-order valence-electron chi connectivity index (χ3n) is 6.42. The van der Waals surface area contributed by atoms with E-state index >= 15 is 0 Å². The minimum Gasteiger partial charge on any atom is -0.398 e. The smallest absolute Gasteiger partial charge is 0.0963 e. The molecule has 3 aromatic heterocycles. The number of nitrogens with two attached hydrogens (primary N) is 1. The fraction of sp³-hybridized carbons (Fsp3) is 0. The molecule has 0 aliphatic rings. The van der Waals surface area contributed by atoms with Crippen LogP contribution in [0.25, 0.3) is 58.9 Å². The van der Waals surface area contributed by atoms with Gasteiger partial charge in [0.1, 0.15) is 0 Å². The van der Waals surface area contributed by atoms with Gasteiger partial charge >= 0.3 is 0 Å². The number of nitrogen functional groups attached to an aromatic ring is 1. The monoisotopic (exact) mass is 441 g/mol. The molecule has 33 heavy (non-hydrogen) atoms. The molecule has 7 rings (SSSR count). The van der Waals surface area contributed by atoms with Crippen LogP contribution in [0.15, 0.2) is 103 Å². The van der Waals surface area contributed by atoms with E-state index in [1.165, 1.54) is 42.0 Å². The number of aromatic nitrogens is 2. The number of benzene rings is 4. The van der Waals surface area contributed by atoms with Crippen LogP contribution in [0.1, 0.15) is 0 Å². The van der Waals surface area contributed by atoms with Gasteiger partial charge in [-0.1, -0.05) is 66.7 Å². The molecule has 0 saturated heterocycles. The van der Waals surface area contributed by atoms with Gasteiger partial charge in [0.25, 0.3) is 0 Å². The van der Waals surface area contributed by atoms with Gasteiger partial charge in [0, 0.05) is 43.7 Å². The molecule has 4 aromatic carbocycles. The van der Waals surface area contributed by atoms with Crippen molar-refractivity contribution in [3.05, 3.63) is 103 Å². The molecule has 0 aliphatic heterocycles. The number of anilines is 1. The summed E-state index contributed by atoms with van der Waals surface area (Å²) >= 11 is 1.85. The van der Waals surface area contributed by atoms with Gasteiger partial charge in [0.2, 0.25) is 0 Å². The average molecular weight is 442 g/mol. The standard InChI is InChI=1S/C29H19N3S/c30-23-11-4-1-10-22(23)27-25(13-7-17-31-27)32-24-12-5-2-8-18(24)20-15-16-21-19-9-3-6-14-26(19)33-29(21)28(20)32/h1-17H,30H2. The van der Waals surface area contributed by atoms with Crippen LogP contribution in [-0.4, -0.2) is 9.55 Å². The van der Waals surface area contributed by atoms with E-state index in [0.29, 0.717) is 0 Å². The highest BCUT2D eigenvalue weighted by Crippen LogP contribution is 2.44. The Hall–Kier alpha value is -4.15. The van der Waals surface area contributed by atoms with Gasteiger partial charge in [0.15, 0.2) is 0 Å². The summed E-state index contributed by atoms with van der Waals surface area (Å²) in [5.41, 5.74) is 12.4. The van der Waals surface area contributed by atoms with E-state index < -0.39 is 0 Å². The van der Waals surface area contributed by atoms with Crippen molar-refractivity contribution < 1.29 is 0 Å². The lowest BCUT2D eigenvalue weighted by Gasteiger charge is -2.14. The Balaban J connectivity index is 1.70. The maximum absolute atomic E-state index is 6.39. The van der Waals surface area contributed by atoms with Crippen molar-refractivity contribution in [3.63, 3.8) is 0 Å². The summed E-state index contributed by atoms with van der Waals surface area (Å²) in [4.78, 5) is 4.80. The molecule has 0 amide bonds. The SMILES string of the molecule is Nc1ccccc1-c1ncccc1-n1c2ccccc2c2ccc3c4ccccc4sc3c21. The van der Waals surface area contributed by atoms with Crippen molar-refractivity contribution in [2.75, 3.05) is 5.73 Å². The Labute approximate surface area is 194 Å². The highest BCUT2D eigenvalue weighted by molar-refractivity contribution is 7.26. The Morgan fingerprint density at radius 3 is 2.33 bits per heavy atom. The maximum Gasteiger partial charge on any atom is 0.0963 e. The molecular weight excluding hydrogens is 422 g/mol. The third kappa shape index (κ3) is 2.58. The topological polar surface area (TPSA) is 43.8 Å².